The molecule has 0 aliphatic rings. The van der Waals surface area contributed by atoms with Gasteiger partial charge in [-0.05, 0) is 28.5 Å². The van der Waals surface area contributed by atoms with Crippen LogP contribution >= 0.6 is 0 Å². The van der Waals surface area contributed by atoms with Crippen molar-refractivity contribution in [3.8, 4) is 11.5 Å². The van der Waals surface area contributed by atoms with Gasteiger partial charge in [0, 0.05) is 11.1 Å². The molecule has 0 spiro atoms. The van der Waals surface area contributed by atoms with Gasteiger partial charge >= 0.3 is 0 Å². The minimum absolute atomic E-state index is 0.129. The molecule has 0 aliphatic heterocycles. The number of phenols is 1. The summed E-state index contributed by atoms with van der Waals surface area (Å²) in [6.45, 7) is 0. The first-order valence-electron chi connectivity index (χ1n) is 9.84. The molecule has 4 aromatic rings. The monoisotopic (exact) mass is 397 g/mol. The number of nitrogens with one attached hydrogen (secondary N) is 1. The number of methoxy groups -OCH3 is 1. The second kappa shape index (κ2) is 8.70. The number of phenolic OH excluding ortho intramolecular Hbond substituents is 1. The number of para-hydroxylation sites is 1. The Kier molecular flexibility index (Phi) is 5.66. The molecule has 0 bridgehead atoms. The van der Waals surface area contributed by atoms with Crippen molar-refractivity contribution >= 4 is 16.7 Å². The molecule has 1 amide bonds. The number of benzene rings is 4. The van der Waals surface area contributed by atoms with E-state index in [1.54, 1.807) is 13.2 Å². The van der Waals surface area contributed by atoms with E-state index in [1.165, 1.54) is 0 Å². The van der Waals surface area contributed by atoms with Gasteiger partial charge in [0.25, 0.3) is 0 Å². The van der Waals surface area contributed by atoms with Crippen LogP contribution in [0.15, 0.2) is 91.0 Å². The van der Waals surface area contributed by atoms with Crippen LogP contribution in [-0.4, -0.2) is 18.1 Å². The molecule has 0 fully saturated rings. The summed E-state index contributed by atoms with van der Waals surface area (Å²) in [5, 5.41) is 15.8. The van der Waals surface area contributed by atoms with E-state index in [0.717, 1.165) is 21.9 Å². The third kappa shape index (κ3) is 3.98. The van der Waals surface area contributed by atoms with Gasteiger partial charge in [-0.2, -0.15) is 0 Å². The number of hydrogen-bond donors (Lipinski definition) is 2. The molecular weight excluding hydrogens is 374 g/mol. The van der Waals surface area contributed by atoms with Crippen LogP contribution in [0.5, 0.6) is 11.5 Å². The highest BCUT2D eigenvalue weighted by atomic mass is 16.5. The lowest BCUT2D eigenvalue weighted by Gasteiger charge is -2.24. The van der Waals surface area contributed by atoms with Gasteiger partial charge in [0.15, 0.2) is 0 Å². The van der Waals surface area contributed by atoms with Crippen LogP contribution in [0.25, 0.3) is 10.8 Å². The van der Waals surface area contributed by atoms with Gasteiger partial charge in [-0.15, -0.1) is 0 Å². The summed E-state index contributed by atoms with van der Waals surface area (Å²) in [4.78, 5) is 13.0. The summed E-state index contributed by atoms with van der Waals surface area (Å²) in [6.07, 6.45) is 0.248. The molecular formula is C26H23NO3. The van der Waals surface area contributed by atoms with Gasteiger partial charge in [0.2, 0.25) is 5.91 Å². The lowest BCUT2D eigenvalue weighted by molar-refractivity contribution is -0.120. The van der Waals surface area contributed by atoms with Crippen molar-refractivity contribution in [3.63, 3.8) is 0 Å². The van der Waals surface area contributed by atoms with Gasteiger partial charge in [0.05, 0.1) is 19.6 Å². The lowest BCUT2D eigenvalue weighted by Crippen LogP contribution is -2.31. The molecule has 0 aromatic heterocycles. The summed E-state index contributed by atoms with van der Waals surface area (Å²) < 4.78 is 5.57. The van der Waals surface area contributed by atoms with Crippen LogP contribution in [0.1, 0.15) is 22.7 Å². The van der Waals surface area contributed by atoms with Gasteiger partial charge in [-0.25, -0.2) is 0 Å². The number of aromatic hydroxyl groups is 1. The molecule has 1 unspecified atom stereocenters. The quantitative estimate of drug-likeness (QED) is 0.481. The van der Waals surface area contributed by atoms with E-state index >= 15 is 0 Å². The molecule has 2 N–H and O–H groups in total. The summed E-state index contributed by atoms with van der Waals surface area (Å²) in [5.74, 6) is 0.643. The number of ether oxygens (including phenoxy) is 1. The standard InChI is InChI=1S/C26H23NO3/c1-30-23-14-8-7-13-21(23)26(27-24(29)17-18-9-3-2-4-10-18)25-20-12-6-5-11-19(20)15-16-22(25)28/h2-16,26,28H,17H2,1H3,(H,27,29). The first-order chi connectivity index (χ1) is 14.7. The van der Waals surface area contributed by atoms with Crippen LogP contribution in [-0.2, 0) is 11.2 Å². The highest BCUT2D eigenvalue weighted by Crippen LogP contribution is 2.38. The molecule has 0 radical (unpaired) electrons. The Morgan fingerprint density at radius 2 is 1.60 bits per heavy atom. The summed E-state index contributed by atoms with van der Waals surface area (Å²) in [6, 6.07) is 27.9. The Balaban J connectivity index is 1.81. The van der Waals surface area contributed by atoms with Crippen LogP contribution in [0, 0.1) is 0 Å². The van der Waals surface area contributed by atoms with E-state index < -0.39 is 6.04 Å². The average Bonchev–Trinajstić information content (AvgIpc) is 2.78. The Hall–Kier alpha value is -3.79. The van der Waals surface area contributed by atoms with Gasteiger partial charge in [0.1, 0.15) is 11.5 Å². The van der Waals surface area contributed by atoms with Crippen molar-refractivity contribution in [3.05, 3.63) is 108 Å². The van der Waals surface area contributed by atoms with Gasteiger partial charge in [-0.1, -0.05) is 78.9 Å². The zero-order valence-corrected chi connectivity index (χ0v) is 16.7. The second-order valence-corrected chi connectivity index (χ2v) is 7.12. The Morgan fingerprint density at radius 1 is 0.900 bits per heavy atom. The van der Waals surface area contributed by atoms with E-state index in [-0.39, 0.29) is 18.1 Å². The minimum atomic E-state index is -0.566. The maximum absolute atomic E-state index is 13.0. The molecule has 4 heteroatoms. The zero-order valence-electron chi connectivity index (χ0n) is 16.7. The number of rotatable bonds is 6. The van der Waals surface area contributed by atoms with E-state index in [2.05, 4.69) is 5.32 Å². The predicted octanol–water partition coefficient (Wildman–Crippen LogP) is 5.00. The fourth-order valence-corrected chi connectivity index (χ4v) is 3.79. The third-order valence-electron chi connectivity index (χ3n) is 5.20. The SMILES string of the molecule is COc1ccccc1C(NC(=O)Cc1ccccc1)c1c(O)ccc2ccccc12. The molecule has 4 nitrogen and oxygen atoms in total. The van der Waals surface area contributed by atoms with E-state index in [0.29, 0.717) is 11.3 Å². The van der Waals surface area contributed by atoms with Crippen molar-refractivity contribution in [1.82, 2.24) is 5.32 Å². The third-order valence-corrected chi connectivity index (χ3v) is 5.20. The number of fused-ring (bicyclic) bond motifs is 1. The fraction of sp³-hybridized carbons (Fsp3) is 0.115. The maximum atomic E-state index is 13.0. The van der Waals surface area contributed by atoms with E-state index in [1.807, 2.05) is 84.9 Å². The topological polar surface area (TPSA) is 58.6 Å². The van der Waals surface area contributed by atoms with Crippen molar-refractivity contribution in [2.75, 3.05) is 7.11 Å². The number of amides is 1. The van der Waals surface area contributed by atoms with Gasteiger partial charge < -0.3 is 15.2 Å². The summed E-state index contributed by atoms with van der Waals surface area (Å²) in [7, 11) is 1.60. The highest BCUT2D eigenvalue weighted by molar-refractivity contribution is 5.90. The van der Waals surface area contributed by atoms with E-state index in [9.17, 15) is 9.90 Å². The Morgan fingerprint density at radius 3 is 2.40 bits per heavy atom. The number of carbonyl (C=O) groups is 1. The Bertz CT molecular complexity index is 1170. The molecule has 150 valence electrons. The van der Waals surface area contributed by atoms with Crippen molar-refractivity contribution < 1.29 is 14.6 Å². The highest BCUT2D eigenvalue weighted by Gasteiger charge is 2.25. The molecule has 4 aromatic carbocycles. The van der Waals surface area contributed by atoms with Gasteiger partial charge in [-0.3, -0.25) is 4.79 Å². The van der Waals surface area contributed by atoms with Crippen LogP contribution in [0.2, 0.25) is 0 Å². The number of carbonyl (C=O) groups excluding carboxylic acids is 1. The molecule has 30 heavy (non-hydrogen) atoms. The zero-order chi connectivity index (χ0) is 20.9. The van der Waals surface area contributed by atoms with Crippen LogP contribution in [0.3, 0.4) is 0 Å². The van der Waals surface area contributed by atoms with Crippen LogP contribution < -0.4 is 10.1 Å². The lowest BCUT2D eigenvalue weighted by atomic mass is 9.92. The van der Waals surface area contributed by atoms with Crippen molar-refractivity contribution in [1.29, 1.82) is 0 Å². The molecule has 0 saturated carbocycles. The summed E-state index contributed by atoms with van der Waals surface area (Å²) in [5.41, 5.74) is 2.36. The molecule has 0 aliphatic carbocycles. The second-order valence-electron chi connectivity index (χ2n) is 7.12. The first kappa shape index (κ1) is 19.5. The predicted molar refractivity (Wildman–Crippen MR) is 119 cm³/mol. The maximum Gasteiger partial charge on any atom is 0.225 e. The van der Waals surface area contributed by atoms with Crippen molar-refractivity contribution in [2.45, 2.75) is 12.5 Å². The van der Waals surface area contributed by atoms with Crippen LogP contribution in [0.4, 0.5) is 0 Å². The normalized spacial score (nSPS) is 11.8. The molecule has 0 saturated heterocycles. The van der Waals surface area contributed by atoms with Crippen molar-refractivity contribution in [2.24, 2.45) is 0 Å². The largest absolute Gasteiger partial charge is 0.508 e. The average molecular weight is 397 g/mol. The molecule has 1 atom stereocenters. The number of hydrogen-bond acceptors (Lipinski definition) is 3. The fourth-order valence-electron chi connectivity index (χ4n) is 3.79. The molecule has 4 rings (SSSR count). The Labute approximate surface area is 175 Å². The summed E-state index contributed by atoms with van der Waals surface area (Å²) >= 11 is 0. The minimum Gasteiger partial charge on any atom is -0.508 e. The first-order valence-corrected chi connectivity index (χ1v) is 9.84. The molecule has 0 heterocycles. The van der Waals surface area contributed by atoms with E-state index in [4.69, 9.17) is 4.74 Å². The smallest absolute Gasteiger partial charge is 0.225 e.